The van der Waals surface area contributed by atoms with Gasteiger partial charge in [-0.05, 0) is 23.3 Å². The molecule has 0 bridgehead atoms. The summed E-state index contributed by atoms with van der Waals surface area (Å²) in [5.74, 6) is 0. The van der Waals surface area contributed by atoms with Gasteiger partial charge >= 0.3 is 6.03 Å². The number of carbonyl (C=O) groups is 1. The summed E-state index contributed by atoms with van der Waals surface area (Å²) in [6, 6.07) is 15.4. The van der Waals surface area contributed by atoms with E-state index in [4.69, 9.17) is 0 Å². The predicted molar refractivity (Wildman–Crippen MR) is 99.3 cm³/mol. The number of hydrazine groups is 3. The smallest absolute Gasteiger partial charge is 0.319 e. The summed E-state index contributed by atoms with van der Waals surface area (Å²) in [7, 11) is 0. The number of nitrogens with zero attached hydrogens (tertiary/aromatic N) is 1. The lowest BCUT2D eigenvalue weighted by Gasteiger charge is -2.12. The molecule has 3 aromatic rings. The second-order valence-electron chi connectivity index (χ2n) is 5.92. The first-order valence-electron chi connectivity index (χ1n) is 8.27. The molecule has 4 rings (SSSR count). The van der Waals surface area contributed by atoms with E-state index in [1.54, 1.807) is 12.4 Å². The number of urea groups is 1. The summed E-state index contributed by atoms with van der Waals surface area (Å²) in [6.45, 7) is 0.445. The van der Waals surface area contributed by atoms with Gasteiger partial charge in [0.15, 0.2) is 0 Å². The number of carbonyl (C=O) groups excluding carboxylic acids is 1. The number of fused-ring (bicyclic) bond motifs is 1. The van der Waals surface area contributed by atoms with Crippen LogP contribution in [0.5, 0.6) is 0 Å². The van der Waals surface area contributed by atoms with E-state index in [0.29, 0.717) is 6.54 Å². The first kappa shape index (κ1) is 16.4. The molecule has 8 nitrogen and oxygen atoms in total. The van der Waals surface area contributed by atoms with Crippen LogP contribution in [0.3, 0.4) is 0 Å². The number of anilines is 1. The second-order valence-corrected chi connectivity index (χ2v) is 5.92. The zero-order valence-electron chi connectivity index (χ0n) is 13.9. The second kappa shape index (κ2) is 7.46. The topological polar surface area (TPSA) is 102 Å². The van der Waals surface area contributed by atoms with Crippen molar-refractivity contribution in [3.63, 3.8) is 0 Å². The van der Waals surface area contributed by atoms with Crippen LogP contribution in [-0.2, 0) is 6.54 Å². The lowest BCUT2D eigenvalue weighted by atomic mass is 10.1. The molecule has 6 N–H and O–H groups in total. The summed E-state index contributed by atoms with van der Waals surface area (Å²) in [5, 5.41) is 7.72. The summed E-state index contributed by atoms with van der Waals surface area (Å²) in [6.07, 6.45) is 3.49. The molecule has 0 saturated carbocycles. The highest BCUT2D eigenvalue weighted by Gasteiger charge is 2.14. The highest BCUT2D eigenvalue weighted by molar-refractivity contribution is 6.01. The van der Waals surface area contributed by atoms with E-state index in [9.17, 15) is 4.79 Å². The van der Waals surface area contributed by atoms with Crippen LogP contribution in [0.2, 0.25) is 0 Å². The predicted octanol–water partition coefficient (Wildman–Crippen LogP) is 1.67. The largest absolute Gasteiger partial charge is 0.334 e. The minimum Gasteiger partial charge on any atom is -0.334 e. The highest BCUT2D eigenvalue weighted by atomic mass is 16.2. The molecule has 2 aromatic carbocycles. The van der Waals surface area contributed by atoms with Gasteiger partial charge in [0.25, 0.3) is 0 Å². The van der Waals surface area contributed by atoms with Crippen LogP contribution < -0.4 is 32.6 Å². The zero-order valence-corrected chi connectivity index (χ0v) is 13.9. The first-order chi connectivity index (χ1) is 12.8. The maximum absolute atomic E-state index is 12.2. The molecule has 0 radical (unpaired) electrons. The lowest BCUT2D eigenvalue weighted by molar-refractivity contribution is 0.252. The van der Waals surface area contributed by atoms with E-state index in [-0.39, 0.29) is 12.2 Å². The maximum Gasteiger partial charge on any atom is 0.319 e. The Morgan fingerprint density at radius 2 is 1.85 bits per heavy atom. The Morgan fingerprint density at radius 1 is 1.04 bits per heavy atom. The van der Waals surface area contributed by atoms with Crippen LogP contribution in [0.1, 0.15) is 17.3 Å². The molecule has 0 unspecified atom stereocenters. The van der Waals surface area contributed by atoms with Crippen LogP contribution in [-0.4, -0.2) is 11.0 Å². The molecule has 1 aliphatic rings. The van der Waals surface area contributed by atoms with Crippen molar-refractivity contribution in [2.24, 2.45) is 0 Å². The van der Waals surface area contributed by atoms with Gasteiger partial charge in [0, 0.05) is 29.7 Å². The number of nitrogens with one attached hydrogen (secondary N) is 6. The molecule has 0 spiro atoms. The number of benzene rings is 2. The number of rotatable bonds is 4. The molecule has 0 atom stereocenters. The van der Waals surface area contributed by atoms with Crippen molar-refractivity contribution >= 4 is 22.5 Å². The summed E-state index contributed by atoms with van der Waals surface area (Å²) < 4.78 is 0. The van der Waals surface area contributed by atoms with Crippen molar-refractivity contribution in [2.45, 2.75) is 12.7 Å². The van der Waals surface area contributed by atoms with E-state index in [2.05, 4.69) is 37.5 Å². The molecular weight excluding hydrogens is 330 g/mol. The molecule has 8 heteroatoms. The van der Waals surface area contributed by atoms with Crippen LogP contribution in [0.25, 0.3) is 10.8 Å². The van der Waals surface area contributed by atoms with E-state index < -0.39 is 0 Å². The van der Waals surface area contributed by atoms with Gasteiger partial charge in [-0.15, -0.1) is 0 Å². The molecule has 26 heavy (non-hydrogen) atoms. The average Bonchev–Trinajstić information content (AvgIpc) is 3.22. The van der Waals surface area contributed by atoms with Crippen LogP contribution in [0.4, 0.5) is 10.5 Å². The number of pyridine rings is 1. The van der Waals surface area contributed by atoms with Gasteiger partial charge in [0.2, 0.25) is 0 Å². The van der Waals surface area contributed by atoms with Crippen molar-refractivity contribution in [1.82, 2.24) is 32.2 Å². The van der Waals surface area contributed by atoms with Gasteiger partial charge in [-0.2, -0.15) is 11.1 Å². The number of hydrogen-bond acceptors (Lipinski definition) is 6. The number of aromatic nitrogens is 1. The van der Waals surface area contributed by atoms with Crippen LogP contribution in [0, 0.1) is 0 Å². The normalized spacial score (nSPS) is 14.5. The Hall–Kier alpha value is -3.04. The third kappa shape index (κ3) is 3.63. The standard InChI is InChI=1S/C18H19N7O/c26-18(21-16-3-1-2-14-11-19-9-8-15(14)16)20-10-12-4-6-13(7-5-12)17-22-24-25-23-17/h1-9,11,17,22-25H,10H2,(H2,20,21,26). The van der Waals surface area contributed by atoms with E-state index in [1.165, 1.54) is 0 Å². The van der Waals surface area contributed by atoms with E-state index >= 15 is 0 Å². The van der Waals surface area contributed by atoms with Gasteiger partial charge in [-0.25, -0.2) is 15.6 Å². The van der Waals surface area contributed by atoms with Gasteiger partial charge in [-0.1, -0.05) is 36.4 Å². The quantitative estimate of drug-likeness (QED) is 0.428. The van der Waals surface area contributed by atoms with Crippen LogP contribution in [0.15, 0.2) is 60.9 Å². The summed E-state index contributed by atoms with van der Waals surface area (Å²) >= 11 is 0. The fourth-order valence-electron chi connectivity index (χ4n) is 2.83. The molecular formula is C18H19N7O. The van der Waals surface area contributed by atoms with Crippen molar-refractivity contribution in [3.05, 3.63) is 72.1 Å². The summed E-state index contributed by atoms with van der Waals surface area (Å²) in [4.78, 5) is 16.3. The molecule has 2 heterocycles. The third-order valence-electron chi connectivity index (χ3n) is 4.19. The summed E-state index contributed by atoms with van der Waals surface area (Å²) in [5.41, 5.74) is 14.5. The van der Waals surface area contributed by atoms with Crippen LogP contribution >= 0.6 is 0 Å². The highest BCUT2D eigenvalue weighted by Crippen LogP contribution is 2.22. The fraction of sp³-hybridized carbons (Fsp3) is 0.111. The fourth-order valence-corrected chi connectivity index (χ4v) is 2.83. The van der Waals surface area contributed by atoms with Gasteiger partial charge in [-0.3, -0.25) is 4.98 Å². The Labute approximate surface area is 150 Å². The first-order valence-corrected chi connectivity index (χ1v) is 8.27. The Morgan fingerprint density at radius 3 is 2.65 bits per heavy atom. The van der Waals surface area contributed by atoms with E-state index in [1.807, 2.05) is 48.5 Å². The Balaban J connectivity index is 1.36. The van der Waals surface area contributed by atoms with Gasteiger partial charge < -0.3 is 10.6 Å². The molecule has 132 valence electrons. The Kier molecular flexibility index (Phi) is 4.71. The van der Waals surface area contributed by atoms with Crippen molar-refractivity contribution in [3.8, 4) is 0 Å². The SMILES string of the molecule is O=C(NCc1ccc(C2NNNN2)cc1)Nc1cccc2cnccc12. The van der Waals surface area contributed by atoms with Crippen molar-refractivity contribution in [2.75, 3.05) is 5.32 Å². The van der Waals surface area contributed by atoms with Gasteiger partial charge in [0.1, 0.15) is 6.17 Å². The molecule has 1 saturated heterocycles. The van der Waals surface area contributed by atoms with Gasteiger partial charge in [0.05, 0.1) is 5.69 Å². The zero-order chi connectivity index (χ0) is 17.8. The number of amides is 2. The molecule has 2 amide bonds. The average molecular weight is 349 g/mol. The maximum atomic E-state index is 12.2. The molecule has 1 aliphatic heterocycles. The number of hydrogen-bond donors (Lipinski definition) is 6. The lowest BCUT2D eigenvalue weighted by Crippen LogP contribution is -2.33. The minimum atomic E-state index is -0.245. The van der Waals surface area contributed by atoms with Crippen molar-refractivity contribution < 1.29 is 4.79 Å². The molecule has 1 aromatic heterocycles. The monoisotopic (exact) mass is 349 g/mol. The minimum absolute atomic E-state index is 0.00107. The Bertz CT molecular complexity index is 902. The molecule has 0 aliphatic carbocycles. The molecule has 1 fully saturated rings. The van der Waals surface area contributed by atoms with Crippen molar-refractivity contribution in [1.29, 1.82) is 0 Å². The van der Waals surface area contributed by atoms with E-state index in [0.717, 1.165) is 27.6 Å². The third-order valence-corrected chi connectivity index (χ3v) is 4.19.